The highest BCUT2D eigenvalue weighted by Crippen LogP contribution is 2.29. The third-order valence-corrected chi connectivity index (χ3v) is 3.17. The summed E-state index contributed by atoms with van der Waals surface area (Å²) < 4.78 is 10.9. The van der Waals surface area contributed by atoms with E-state index in [1.165, 1.54) is 0 Å². The number of benzene rings is 2. The van der Waals surface area contributed by atoms with Crippen LogP contribution in [0.2, 0.25) is 0 Å². The molecule has 0 radical (unpaired) electrons. The molecule has 0 amide bonds. The average molecular weight is 254 g/mol. The molecule has 4 nitrogen and oxygen atoms in total. The fraction of sp³-hybridized carbons (Fsp3) is 0.200. The van der Waals surface area contributed by atoms with Crippen LogP contribution in [0.15, 0.2) is 58.5 Å². The van der Waals surface area contributed by atoms with Crippen LogP contribution < -0.4 is 15.5 Å². The molecule has 2 aromatic carbocycles. The predicted molar refractivity (Wildman–Crippen MR) is 70.4 cm³/mol. The topological polar surface area (TPSA) is 43.2 Å². The summed E-state index contributed by atoms with van der Waals surface area (Å²) >= 11 is 0. The molecule has 0 spiro atoms. The minimum Gasteiger partial charge on any atom is -0.494 e. The van der Waals surface area contributed by atoms with Crippen molar-refractivity contribution in [3.63, 3.8) is 0 Å². The van der Waals surface area contributed by atoms with Gasteiger partial charge in [-0.15, -0.1) is 0 Å². The van der Waals surface area contributed by atoms with E-state index in [0.717, 1.165) is 16.3 Å². The van der Waals surface area contributed by atoms with Crippen LogP contribution >= 0.6 is 0 Å². The zero-order valence-corrected chi connectivity index (χ0v) is 10.8. The van der Waals surface area contributed by atoms with Gasteiger partial charge >= 0.3 is 0 Å². The zero-order chi connectivity index (χ0) is 13.3. The summed E-state index contributed by atoms with van der Waals surface area (Å²) in [5.41, 5.74) is 0.899. The number of hydrogen-bond donors (Lipinski definition) is 0. The molecular formula is C15H14N2O2. The van der Waals surface area contributed by atoms with Crippen molar-refractivity contribution >= 4 is 0 Å². The lowest BCUT2D eigenvalue weighted by atomic mass is 10.1. The Morgan fingerprint density at radius 3 is 2.37 bits per heavy atom. The largest absolute Gasteiger partial charge is 0.494 e. The van der Waals surface area contributed by atoms with Crippen molar-refractivity contribution in [3.8, 4) is 5.75 Å². The van der Waals surface area contributed by atoms with E-state index in [0.29, 0.717) is 5.75 Å². The summed E-state index contributed by atoms with van der Waals surface area (Å²) in [5.74, 6) is -0.297. The van der Waals surface area contributed by atoms with Crippen LogP contribution in [0.1, 0.15) is 5.56 Å². The van der Waals surface area contributed by atoms with Gasteiger partial charge in [-0.05, 0) is 12.1 Å². The Labute approximate surface area is 111 Å². The van der Waals surface area contributed by atoms with E-state index in [1.807, 2.05) is 48.5 Å². The fourth-order valence-electron chi connectivity index (χ4n) is 2.21. The Balaban J connectivity index is 2.25. The van der Waals surface area contributed by atoms with Gasteiger partial charge in [0.05, 0.1) is 12.5 Å². The normalized spacial score (nSPS) is 20.3. The maximum atomic E-state index is 5.58. The number of hydrogen-bond acceptors (Lipinski definition) is 4. The highest BCUT2D eigenvalue weighted by atomic mass is 16.5. The van der Waals surface area contributed by atoms with E-state index >= 15 is 0 Å². The minimum absolute atomic E-state index is 0.705. The monoisotopic (exact) mass is 254 g/mol. The Morgan fingerprint density at radius 1 is 0.895 bits per heavy atom. The lowest BCUT2D eigenvalue weighted by Gasteiger charge is -2.21. The molecule has 0 N–H and O–H groups in total. The molecule has 0 saturated carbocycles. The Kier molecular flexibility index (Phi) is 2.80. The third-order valence-electron chi connectivity index (χ3n) is 3.17. The lowest BCUT2D eigenvalue weighted by Crippen LogP contribution is -2.23. The zero-order valence-electron chi connectivity index (χ0n) is 10.8. The first-order valence-corrected chi connectivity index (χ1v) is 6.02. The van der Waals surface area contributed by atoms with Crippen LogP contribution in [0.25, 0.3) is 0 Å². The second-order valence-electron chi connectivity index (χ2n) is 4.23. The van der Waals surface area contributed by atoms with Gasteiger partial charge in [0.25, 0.3) is 5.85 Å². The molecule has 96 valence electrons. The molecule has 0 aliphatic carbocycles. The van der Waals surface area contributed by atoms with E-state index in [1.54, 1.807) is 14.2 Å². The first-order valence-electron chi connectivity index (χ1n) is 6.02. The van der Waals surface area contributed by atoms with Crippen molar-refractivity contribution in [2.45, 2.75) is 5.85 Å². The van der Waals surface area contributed by atoms with Crippen LogP contribution in [0.4, 0.5) is 0 Å². The van der Waals surface area contributed by atoms with Crippen LogP contribution in [0.5, 0.6) is 5.75 Å². The molecule has 1 aliphatic heterocycles. The maximum absolute atomic E-state index is 5.58. The molecule has 3 rings (SSSR count). The number of nitrogens with zero attached hydrogens (tertiary/aromatic N) is 2. The lowest BCUT2D eigenvalue weighted by molar-refractivity contribution is -0.000624. The number of ether oxygens (including phenoxy) is 2. The summed E-state index contributed by atoms with van der Waals surface area (Å²) in [6, 6.07) is 15.4. The van der Waals surface area contributed by atoms with Gasteiger partial charge in [0.2, 0.25) is 0 Å². The van der Waals surface area contributed by atoms with Gasteiger partial charge in [0, 0.05) is 12.7 Å². The van der Waals surface area contributed by atoms with Gasteiger partial charge in [-0.2, -0.15) is 0 Å². The van der Waals surface area contributed by atoms with E-state index in [-0.39, 0.29) is 0 Å². The fourth-order valence-corrected chi connectivity index (χ4v) is 2.21. The average Bonchev–Trinajstić information content (AvgIpc) is 2.88. The molecule has 1 aliphatic rings. The van der Waals surface area contributed by atoms with Gasteiger partial charge in [0.1, 0.15) is 11.1 Å². The van der Waals surface area contributed by atoms with Gasteiger partial charge in [-0.1, -0.05) is 36.4 Å². The molecule has 1 atom stereocenters. The van der Waals surface area contributed by atoms with Gasteiger partial charge < -0.3 is 9.47 Å². The summed E-state index contributed by atoms with van der Waals surface area (Å²) in [6.07, 6.45) is 0. The summed E-state index contributed by atoms with van der Waals surface area (Å²) in [6.45, 7) is 0. The first-order chi connectivity index (χ1) is 9.29. The van der Waals surface area contributed by atoms with Crippen LogP contribution in [-0.4, -0.2) is 14.2 Å². The van der Waals surface area contributed by atoms with E-state index in [2.05, 4.69) is 9.98 Å². The molecule has 0 fully saturated rings. The quantitative estimate of drug-likeness (QED) is 0.831. The van der Waals surface area contributed by atoms with Crippen molar-refractivity contribution in [3.05, 3.63) is 64.8 Å². The van der Waals surface area contributed by atoms with E-state index < -0.39 is 5.85 Å². The molecule has 19 heavy (non-hydrogen) atoms. The van der Waals surface area contributed by atoms with Crippen molar-refractivity contribution in [2.24, 2.45) is 9.98 Å². The molecule has 4 heteroatoms. The third kappa shape index (κ3) is 1.81. The smallest absolute Gasteiger partial charge is 0.285 e. The number of methoxy groups -OCH3 is 2. The van der Waals surface area contributed by atoms with Crippen molar-refractivity contribution in [2.75, 3.05) is 14.2 Å². The van der Waals surface area contributed by atoms with Crippen molar-refractivity contribution < 1.29 is 9.47 Å². The molecular weight excluding hydrogens is 240 g/mol. The number of rotatable bonds is 3. The second kappa shape index (κ2) is 4.48. The number of fused-ring (bicyclic) bond motifs is 1. The molecule has 0 bridgehead atoms. The van der Waals surface area contributed by atoms with E-state index in [4.69, 9.17) is 9.47 Å². The van der Waals surface area contributed by atoms with Crippen molar-refractivity contribution in [1.82, 2.24) is 0 Å². The Bertz CT molecular complexity index is 713. The standard InChI is InChI=1S/C15H14N2O2/c1-18-13-10-6-9-12-14(13)17-15(16-12,19-2)11-7-4-3-5-8-11/h3-10H,1-2H3. The Morgan fingerprint density at radius 2 is 1.68 bits per heavy atom. The summed E-state index contributed by atoms with van der Waals surface area (Å²) in [5, 5.41) is 1.51. The van der Waals surface area contributed by atoms with E-state index in [9.17, 15) is 0 Å². The van der Waals surface area contributed by atoms with Crippen LogP contribution in [0, 0.1) is 0 Å². The number of para-hydroxylation sites is 1. The summed E-state index contributed by atoms with van der Waals surface area (Å²) in [4.78, 5) is 9.24. The van der Waals surface area contributed by atoms with Gasteiger partial charge in [-0.25, -0.2) is 9.98 Å². The molecule has 0 aromatic heterocycles. The predicted octanol–water partition coefficient (Wildman–Crippen LogP) is 1.40. The summed E-state index contributed by atoms with van der Waals surface area (Å²) in [7, 11) is 3.23. The first kappa shape index (κ1) is 11.9. The SMILES string of the molecule is COc1cccc2c1=NC(OC)(c1ccccc1)N=2. The molecule has 2 aromatic rings. The van der Waals surface area contributed by atoms with Gasteiger partial charge in [0.15, 0.2) is 0 Å². The molecule has 1 unspecified atom stereocenters. The highest BCUT2D eigenvalue weighted by molar-refractivity contribution is 5.28. The maximum Gasteiger partial charge on any atom is 0.285 e. The van der Waals surface area contributed by atoms with Crippen LogP contribution in [-0.2, 0) is 10.6 Å². The van der Waals surface area contributed by atoms with Crippen molar-refractivity contribution in [1.29, 1.82) is 0 Å². The van der Waals surface area contributed by atoms with Gasteiger partial charge in [-0.3, -0.25) is 0 Å². The highest BCUT2D eigenvalue weighted by Gasteiger charge is 2.34. The Hall–Kier alpha value is -2.20. The molecule has 1 heterocycles. The van der Waals surface area contributed by atoms with Crippen LogP contribution in [0.3, 0.4) is 0 Å². The minimum atomic E-state index is -1.00. The molecule has 0 saturated heterocycles. The second-order valence-corrected chi connectivity index (χ2v) is 4.23.